The van der Waals surface area contributed by atoms with E-state index >= 15 is 0 Å². The molecular formula is C27H34Cl2N4O2. The summed E-state index contributed by atoms with van der Waals surface area (Å²) < 4.78 is 0. The van der Waals surface area contributed by atoms with Gasteiger partial charge in [0, 0.05) is 31.7 Å². The summed E-state index contributed by atoms with van der Waals surface area (Å²) in [4.78, 5) is 32.6. The number of rotatable bonds is 7. The van der Waals surface area contributed by atoms with E-state index in [1.54, 1.807) is 23.1 Å². The third-order valence-corrected chi connectivity index (χ3v) is 7.63. The van der Waals surface area contributed by atoms with Gasteiger partial charge < -0.3 is 20.0 Å². The fourth-order valence-corrected chi connectivity index (χ4v) is 5.29. The molecule has 0 aromatic heterocycles. The first-order chi connectivity index (χ1) is 17.0. The highest BCUT2D eigenvalue weighted by Gasteiger charge is 2.32. The Morgan fingerprint density at radius 3 is 2.46 bits per heavy atom. The van der Waals surface area contributed by atoms with E-state index < -0.39 is 0 Å². The first-order valence-electron chi connectivity index (χ1n) is 12.6. The van der Waals surface area contributed by atoms with E-state index in [9.17, 15) is 9.59 Å². The number of carbonyl (C=O) groups is 2. The lowest BCUT2D eigenvalue weighted by atomic mass is 10.0. The number of hydrogen-bond donors (Lipinski definition) is 1. The lowest BCUT2D eigenvalue weighted by Crippen LogP contribution is -2.48. The molecule has 1 unspecified atom stereocenters. The number of nitrogens with zero attached hydrogens (tertiary/aromatic N) is 3. The Hall–Kier alpha value is -2.28. The Bertz CT molecular complexity index is 998. The summed E-state index contributed by atoms with van der Waals surface area (Å²) >= 11 is 12.2. The Morgan fingerprint density at radius 2 is 1.71 bits per heavy atom. The van der Waals surface area contributed by atoms with Crippen molar-refractivity contribution in [2.24, 2.45) is 0 Å². The molecule has 2 aliphatic rings. The van der Waals surface area contributed by atoms with Crippen molar-refractivity contribution in [1.82, 2.24) is 14.7 Å². The van der Waals surface area contributed by atoms with Gasteiger partial charge in [-0.25, -0.2) is 4.79 Å². The maximum Gasteiger partial charge on any atom is 0.322 e. The predicted octanol–water partition coefficient (Wildman–Crippen LogP) is 5.55. The highest BCUT2D eigenvalue weighted by molar-refractivity contribution is 6.42. The number of nitrogens with one attached hydrogen (secondary N) is 1. The zero-order valence-corrected chi connectivity index (χ0v) is 21.6. The smallest absolute Gasteiger partial charge is 0.322 e. The van der Waals surface area contributed by atoms with Crippen molar-refractivity contribution in [3.8, 4) is 0 Å². The molecule has 1 atom stereocenters. The van der Waals surface area contributed by atoms with Crippen molar-refractivity contribution >= 4 is 40.8 Å². The Labute approximate surface area is 218 Å². The fraction of sp³-hybridized carbons (Fsp3) is 0.481. The number of benzene rings is 2. The number of urea groups is 1. The van der Waals surface area contributed by atoms with Gasteiger partial charge in [-0.1, -0.05) is 60.0 Å². The van der Waals surface area contributed by atoms with Gasteiger partial charge in [-0.2, -0.15) is 0 Å². The summed E-state index contributed by atoms with van der Waals surface area (Å²) in [6, 6.07) is 14.8. The molecular weight excluding hydrogens is 483 g/mol. The van der Waals surface area contributed by atoms with Crippen LogP contribution in [0.5, 0.6) is 0 Å². The summed E-state index contributed by atoms with van der Waals surface area (Å²) in [5.41, 5.74) is 1.73. The first kappa shape index (κ1) is 25.8. The molecule has 35 heavy (non-hydrogen) atoms. The van der Waals surface area contributed by atoms with Crippen LogP contribution >= 0.6 is 23.2 Å². The quantitative estimate of drug-likeness (QED) is 0.524. The molecule has 8 heteroatoms. The molecule has 6 nitrogen and oxygen atoms in total. The standard InChI is InChI=1S/C27H34Cl2N4O2/c28-24-11-10-22(19-25(24)29)30-27(35)33-17-12-26(34)32(16-7-15-31-13-5-2-6-14-31)20-23(33)18-21-8-3-1-4-9-21/h1,3-4,8-11,19,23H,2,5-7,12-18,20H2,(H,30,35). The fourth-order valence-electron chi connectivity index (χ4n) is 4.99. The van der Waals surface area contributed by atoms with Gasteiger partial charge in [0.2, 0.25) is 5.91 Å². The molecule has 0 radical (unpaired) electrons. The number of piperidine rings is 1. The van der Waals surface area contributed by atoms with Gasteiger partial charge in [0.05, 0.1) is 16.1 Å². The molecule has 4 rings (SSSR count). The van der Waals surface area contributed by atoms with Gasteiger partial charge in [0.25, 0.3) is 0 Å². The summed E-state index contributed by atoms with van der Waals surface area (Å²) in [5.74, 6) is 0.117. The third-order valence-electron chi connectivity index (χ3n) is 6.89. The second-order valence-corrected chi connectivity index (χ2v) is 10.3. The van der Waals surface area contributed by atoms with Gasteiger partial charge in [-0.15, -0.1) is 0 Å². The highest BCUT2D eigenvalue weighted by Crippen LogP contribution is 2.26. The van der Waals surface area contributed by atoms with Crippen LogP contribution in [0, 0.1) is 0 Å². The average molecular weight is 518 g/mol. The Kier molecular flexibility index (Phi) is 9.30. The molecule has 3 amide bonds. The molecule has 0 bridgehead atoms. The normalized spacial score (nSPS) is 19.5. The van der Waals surface area contributed by atoms with Crippen molar-refractivity contribution in [3.63, 3.8) is 0 Å². The molecule has 2 saturated heterocycles. The molecule has 2 aromatic carbocycles. The van der Waals surface area contributed by atoms with Crippen LogP contribution in [0.25, 0.3) is 0 Å². The lowest BCUT2D eigenvalue weighted by molar-refractivity contribution is -0.130. The average Bonchev–Trinajstić information content (AvgIpc) is 3.01. The monoisotopic (exact) mass is 516 g/mol. The van der Waals surface area contributed by atoms with Crippen LogP contribution in [0.15, 0.2) is 48.5 Å². The van der Waals surface area contributed by atoms with Crippen LogP contribution in [0.4, 0.5) is 10.5 Å². The highest BCUT2D eigenvalue weighted by atomic mass is 35.5. The summed E-state index contributed by atoms with van der Waals surface area (Å²) in [6.07, 6.45) is 5.83. The maximum absolute atomic E-state index is 13.4. The molecule has 1 N–H and O–H groups in total. The molecule has 188 valence electrons. The molecule has 2 aromatic rings. The largest absolute Gasteiger partial charge is 0.341 e. The number of halogens is 2. The van der Waals surface area contributed by atoms with Crippen molar-refractivity contribution in [2.75, 3.05) is 44.6 Å². The molecule has 0 saturated carbocycles. The van der Waals surface area contributed by atoms with Crippen LogP contribution in [-0.4, -0.2) is 71.9 Å². The van der Waals surface area contributed by atoms with E-state index in [1.165, 1.54) is 19.3 Å². The zero-order chi connectivity index (χ0) is 24.6. The molecule has 0 spiro atoms. The van der Waals surface area contributed by atoms with Crippen LogP contribution < -0.4 is 5.32 Å². The van der Waals surface area contributed by atoms with Crippen molar-refractivity contribution in [3.05, 3.63) is 64.1 Å². The first-order valence-corrected chi connectivity index (χ1v) is 13.3. The maximum atomic E-state index is 13.4. The van der Waals surface area contributed by atoms with Crippen molar-refractivity contribution in [1.29, 1.82) is 0 Å². The summed E-state index contributed by atoms with van der Waals surface area (Å²) in [7, 11) is 0. The van der Waals surface area contributed by atoms with Crippen LogP contribution in [0.3, 0.4) is 0 Å². The second kappa shape index (κ2) is 12.6. The van der Waals surface area contributed by atoms with Crippen LogP contribution in [0.1, 0.15) is 37.7 Å². The van der Waals surface area contributed by atoms with E-state index in [0.29, 0.717) is 41.7 Å². The minimum atomic E-state index is -0.229. The SMILES string of the molecule is O=C1CCN(C(=O)Nc2ccc(Cl)c(Cl)c2)C(Cc2ccccc2)CN1CCCN1CCCCC1. The van der Waals surface area contributed by atoms with E-state index in [-0.39, 0.29) is 18.0 Å². The van der Waals surface area contributed by atoms with Gasteiger partial charge in [0.1, 0.15) is 0 Å². The molecule has 2 fully saturated rings. The number of likely N-dealkylation sites (tertiary alicyclic amines) is 1. The zero-order valence-electron chi connectivity index (χ0n) is 20.1. The second-order valence-electron chi connectivity index (χ2n) is 9.44. The van der Waals surface area contributed by atoms with Crippen molar-refractivity contribution < 1.29 is 9.59 Å². The van der Waals surface area contributed by atoms with E-state index in [0.717, 1.165) is 38.2 Å². The van der Waals surface area contributed by atoms with E-state index in [4.69, 9.17) is 23.2 Å². The van der Waals surface area contributed by atoms with Gasteiger partial charge in [-0.3, -0.25) is 4.79 Å². The lowest BCUT2D eigenvalue weighted by Gasteiger charge is -2.32. The number of hydrogen-bond acceptors (Lipinski definition) is 3. The number of carbonyl (C=O) groups excluding carboxylic acids is 2. The van der Waals surface area contributed by atoms with Gasteiger partial charge in [-0.05, 0) is 69.1 Å². The minimum Gasteiger partial charge on any atom is -0.341 e. The Balaban J connectivity index is 1.45. The van der Waals surface area contributed by atoms with E-state index in [1.807, 2.05) is 23.1 Å². The number of amides is 3. The van der Waals surface area contributed by atoms with Crippen molar-refractivity contribution in [2.45, 2.75) is 44.6 Å². The predicted molar refractivity (Wildman–Crippen MR) is 142 cm³/mol. The Morgan fingerprint density at radius 1 is 0.943 bits per heavy atom. The number of anilines is 1. The van der Waals surface area contributed by atoms with E-state index in [2.05, 4.69) is 22.3 Å². The molecule has 2 heterocycles. The van der Waals surface area contributed by atoms with Gasteiger partial charge >= 0.3 is 6.03 Å². The topological polar surface area (TPSA) is 55.9 Å². The minimum absolute atomic E-state index is 0.117. The van der Waals surface area contributed by atoms with Gasteiger partial charge in [0.15, 0.2) is 0 Å². The molecule has 0 aliphatic carbocycles. The summed E-state index contributed by atoms with van der Waals surface area (Å²) in [6.45, 7) is 4.98. The summed E-state index contributed by atoms with van der Waals surface area (Å²) in [5, 5.41) is 3.77. The molecule has 2 aliphatic heterocycles. The van der Waals surface area contributed by atoms with Crippen LogP contribution in [-0.2, 0) is 11.2 Å². The third kappa shape index (κ3) is 7.35. The van der Waals surface area contributed by atoms with Crippen LogP contribution in [0.2, 0.25) is 10.0 Å².